The van der Waals surface area contributed by atoms with Crippen LogP contribution in [0.4, 0.5) is 5.13 Å². The highest BCUT2D eigenvalue weighted by molar-refractivity contribution is 7.15. The Morgan fingerprint density at radius 3 is 2.62 bits per heavy atom. The van der Waals surface area contributed by atoms with Crippen LogP contribution in [0.5, 0.6) is 0 Å². The van der Waals surface area contributed by atoms with Crippen LogP contribution in [0.15, 0.2) is 30.3 Å². The maximum atomic E-state index is 12.8. The number of carbonyl (C=O) groups is 1. The van der Waals surface area contributed by atoms with Gasteiger partial charge >= 0.3 is 0 Å². The molecule has 130 valence electrons. The van der Waals surface area contributed by atoms with Gasteiger partial charge in [-0.2, -0.15) is 0 Å². The molecule has 0 saturated carbocycles. The largest absolute Gasteiger partial charge is 0.299 e. The molecule has 0 aliphatic heterocycles. The second-order valence-electron chi connectivity index (χ2n) is 5.83. The van der Waals surface area contributed by atoms with E-state index in [0.29, 0.717) is 5.13 Å². The smallest absolute Gasteiger partial charge is 0.248 e. The molecule has 1 amide bonds. The summed E-state index contributed by atoms with van der Waals surface area (Å²) in [6, 6.07) is 9.49. The Bertz CT molecular complexity index is 629. The minimum absolute atomic E-state index is 0.0678. The molecule has 0 unspecified atom stereocenters. The fourth-order valence-electron chi connectivity index (χ4n) is 2.53. The fraction of sp³-hybridized carbons (Fsp3) is 0.500. The number of hydrogen-bond donors (Lipinski definition) is 1. The zero-order valence-corrected chi connectivity index (χ0v) is 15.5. The van der Waals surface area contributed by atoms with E-state index in [-0.39, 0.29) is 11.9 Å². The van der Waals surface area contributed by atoms with Gasteiger partial charge in [0.25, 0.3) is 0 Å². The maximum Gasteiger partial charge on any atom is 0.248 e. The van der Waals surface area contributed by atoms with Gasteiger partial charge in [0.1, 0.15) is 11.0 Å². The molecule has 1 atom stereocenters. The Morgan fingerprint density at radius 2 is 1.96 bits per heavy atom. The fourth-order valence-corrected chi connectivity index (χ4v) is 3.31. The molecule has 5 nitrogen and oxygen atoms in total. The summed E-state index contributed by atoms with van der Waals surface area (Å²) in [6.45, 7) is 5.01. The third kappa shape index (κ3) is 5.11. The molecule has 0 saturated heterocycles. The Hall–Kier alpha value is -1.79. The minimum Gasteiger partial charge on any atom is -0.299 e. The number of likely N-dealkylation sites (N-methyl/N-ethyl adjacent to an activating group) is 1. The molecular weight excluding hydrogens is 320 g/mol. The number of aryl methyl sites for hydroxylation is 1. The molecule has 0 radical (unpaired) electrons. The number of nitrogens with one attached hydrogen (secondary N) is 1. The molecule has 1 aromatic carbocycles. The summed E-state index contributed by atoms with van der Waals surface area (Å²) >= 11 is 1.47. The summed E-state index contributed by atoms with van der Waals surface area (Å²) in [6.07, 6.45) is 4.42. The van der Waals surface area contributed by atoms with Gasteiger partial charge in [0.15, 0.2) is 0 Å². The molecule has 0 bridgehead atoms. The first-order valence-electron chi connectivity index (χ1n) is 8.54. The lowest BCUT2D eigenvalue weighted by Gasteiger charge is -2.25. The number of benzene rings is 1. The number of amides is 1. The van der Waals surface area contributed by atoms with Crippen molar-refractivity contribution >= 4 is 22.4 Å². The van der Waals surface area contributed by atoms with Crippen LogP contribution in [0, 0.1) is 0 Å². The molecule has 2 rings (SSSR count). The molecule has 24 heavy (non-hydrogen) atoms. The maximum absolute atomic E-state index is 12.8. The van der Waals surface area contributed by atoms with E-state index < -0.39 is 0 Å². The van der Waals surface area contributed by atoms with Crippen LogP contribution in [0.3, 0.4) is 0 Å². The van der Waals surface area contributed by atoms with Gasteiger partial charge in [0, 0.05) is 6.42 Å². The summed E-state index contributed by atoms with van der Waals surface area (Å²) in [7, 11) is 1.95. The summed E-state index contributed by atoms with van der Waals surface area (Å²) in [5.74, 6) is -0.0678. The zero-order valence-electron chi connectivity index (χ0n) is 14.7. The van der Waals surface area contributed by atoms with E-state index in [1.807, 2.05) is 49.2 Å². The predicted molar refractivity (Wildman–Crippen MR) is 99.3 cm³/mol. The van der Waals surface area contributed by atoms with Crippen LogP contribution in [0.2, 0.25) is 0 Å². The molecule has 2 aromatic rings. The summed E-state index contributed by atoms with van der Waals surface area (Å²) in [5, 5.41) is 12.8. The van der Waals surface area contributed by atoms with Crippen molar-refractivity contribution < 1.29 is 4.79 Å². The van der Waals surface area contributed by atoms with Crippen molar-refractivity contribution in [2.75, 3.05) is 18.9 Å². The molecule has 6 heteroatoms. The van der Waals surface area contributed by atoms with Crippen molar-refractivity contribution in [3.05, 3.63) is 40.9 Å². The van der Waals surface area contributed by atoms with Crippen LogP contribution in [0.1, 0.15) is 49.7 Å². The van der Waals surface area contributed by atoms with Crippen molar-refractivity contribution in [2.45, 2.75) is 45.6 Å². The predicted octanol–water partition coefficient (Wildman–Crippen LogP) is 3.90. The normalized spacial score (nSPS) is 12.3. The molecule has 1 N–H and O–H groups in total. The van der Waals surface area contributed by atoms with E-state index >= 15 is 0 Å². The Labute approximate surface area is 148 Å². The monoisotopic (exact) mass is 346 g/mol. The highest BCUT2D eigenvalue weighted by Crippen LogP contribution is 2.23. The van der Waals surface area contributed by atoms with Gasteiger partial charge in [-0.1, -0.05) is 68.4 Å². The molecular formula is C18H26N4OS. The highest BCUT2D eigenvalue weighted by Gasteiger charge is 2.25. The summed E-state index contributed by atoms with van der Waals surface area (Å²) in [5.41, 5.74) is 0.979. The van der Waals surface area contributed by atoms with Gasteiger partial charge in [-0.15, -0.1) is 10.2 Å². The van der Waals surface area contributed by atoms with Gasteiger partial charge in [-0.25, -0.2) is 0 Å². The van der Waals surface area contributed by atoms with E-state index in [9.17, 15) is 4.79 Å². The van der Waals surface area contributed by atoms with Crippen LogP contribution in [-0.4, -0.2) is 34.6 Å². The van der Waals surface area contributed by atoms with E-state index in [0.717, 1.165) is 30.0 Å². The number of hydrogen-bond acceptors (Lipinski definition) is 5. The van der Waals surface area contributed by atoms with Crippen molar-refractivity contribution in [1.82, 2.24) is 15.1 Å². The van der Waals surface area contributed by atoms with E-state index in [2.05, 4.69) is 22.4 Å². The van der Waals surface area contributed by atoms with E-state index in [4.69, 9.17) is 0 Å². The third-order valence-corrected chi connectivity index (χ3v) is 4.89. The lowest BCUT2D eigenvalue weighted by atomic mass is 10.1. The number of nitrogens with zero attached hydrogens (tertiary/aromatic N) is 3. The lowest BCUT2D eigenvalue weighted by Crippen LogP contribution is -2.34. The number of aromatic nitrogens is 2. The van der Waals surface area contributed by atoms with Gasteiger partial charge in [0.2, 0.25) is 11.0 Å². The van der Waals surface area contributed by atoms with Crippen LogP contribution >= 0.6 is 11.3 Å². The minimum atomic E-state index is -0.330. The van der Waals surface area contributed by atoms with E-state index in [1.165, 1.54) is 24.2 Å². The molecule has 1 aromatic heterocycles. The Balaban J connectivity index is 2.05. The first kappa shape index (κ1) is 18.5. The van der Waals surface area contributed by atoms with Crippen LogP contribution in [-0.2, 0) is 11.2 Å². The third-order valence-electron chi connectivity index (χ3n) is 3.99. The highest BCUT2D eigenvalue weighted by atomic mass is 32.1. The standard InChI is InChI=1S/C18H26N4OS/c1-4-6-8-13-15-20-21-18(24-15)19-17(23)16(22(3)5-2)14-11-9-7-10-12-14/h7,9-12,16H,4-6,8,13H2,1-3H3,(H,19,21,23)/t16-/m0/s1. The lowest BCUT2D eigenvalue weighted by molar-refractivity contribution is -0.121. The average molecular weight is 347 g/mol. The van der Waals surface area contributed by atoms with Gasteiger partial charge in [0.05, 0.1) is 0 Å². The average Bonchev–Trinajstić information content (AvgIpc) is 3.03. The number of rotatable bonds is 9. The zero-order chi connectivity index (χ0) is 17.4. The quantitative estimate of drug-likeness (QED) is 0.700. The van der Waals surface area contributed by atoms with Crippen molar-refractivity contribution in [3.63, 3.8) is 0 Å². The first-order chi connectivity index (χ1) is 11.7. The molecule has 0 aliphatic carbocycles. The second-order valence-corrected chi connectivity index (χ2v) is 6.90. The second kappa shape index (κ2) is 9.49. The molecule has 1 heterocycles. The Kier molecular flexibility index (Phi) is 7.34. The van der Waals surface area contributed by atoms with Gasteiger partial charge in [-0.3, -0.25) is 15.0 Å². The van der Waals surface area contributed by atoms with Gasteiger partial charge in [-0.05, 0) is 25.6 Å². The number of unbranched alkanes of at least 4 members (excludes halogenated alkanes) is 2. The van der Waals surface area contributed by atoms with E-state index in [1.54, 1.807) is 0 Å². The topological polar surface area (TPSA) is 58.1 Å². The molecule has 0 spiro atoms. The van der Waals surface area contributed by atoms with Gasteiger partial charge < -0.3 is 0 Å². The number of anilines is 1. The molecule has 0 fully saturated rings. The van der Waals surface area contributed by atoms with Crippen LogP contribution < -0.4 is 5.32 Å². The summed E-state index contributed by atoms with van der Waals surface area (Å²) in [4.78, 5) is 14.8. The van der Waals surface area contributed by atoms with Crippen molar-refractivity contribution in [2.24, 2.45) is 0 Å². The van der Waals surface area contributed by atoms with Crippen molar-refractivity contribution in [3.8, 4) is 0 Å². The van der Waals surface area contributed by atoms with Crippen molar-refractivity contribution in [1.29, 1.82) is 0 Å². The SMILES string of the molecule is CCCCCc1nnc(NC(=O)[C@H](c2ccccc2)N(C)CC)s1. The van der Waals surface area contributed by atoms with Crippen LogP contribution in [0.25, 0.3) is 0 Å². The first-order valence-corrected chi connectivity index (χ1v) is 9.35. The molecule has 0 aliphatic rings. The Morgan fingerprint density at radius 1 is 1.21 bits per heavy atom. The summed E-state index contributed by atoms with van der Waals surface area (Å²) < 4.78 is 0. The number of carbonyl (C=O) groups excluding carboxylic acids is 1.